The molecule has 0 saturated carbocycles. The highest BCUT2D eigenvalue weighted by Gasteiger charge is 2.16. The Bertz CT molecular complexity index is 1270. The number of carbonyl (C=O) groups is 1. The van der Waals surface area contributed by atoms with E-state index in [0.29, 0.717) is 39.7 Å². The first kappa shape index (κ1) is 19.8. The van der Waals surface area contributed by atoms with Gasteiger partial charge >= 0.3 is 0 Å². The monoisotopic (exact) mass is 425 g/mol. The number of H-pyrrole nitrogens is 1. The molecule has 154 valence electrons. The van der Waals surface area contributed by atoms with E-state index in [1.54, 1.807) is 41.9 Å². The first-order chi connectivity index (χ1) is 14.5. The van der Waals surface area contributed by atoms with Crippen LogP contribution < -0.4 is 10.9 Å². The second-order valence-corrected chi connectivity index (χ2v) is 7.33. The molecule has 1 amide bonds. The topological polar surface area (TPSA) is 110 Å². The van der Waals surface area contributed by atoms with Crippen LogP contribution in [0.1, 0.15) is 31.9 Å². The van der Waals surface area contributed by atoms with E-state index in [1.165, 1.54) is 10.9 Å². The summed E-state index contributed by atoms with van der Waals surface area (Å²) in [6.45, 7) is 3.82. The minimum Gasteiger partial charge on any atom is -0.310 e. The van der Waals surface area contributed by atoms with Crippen molar-refractivity contribution in [3.63, 3.8) is 0 Å². The van der Waals surface area contributed by atoms with Crippen LogP contribution in [0.15, 0.2) is 41.3 Å². The molecular weight excluding hydrogens is 406 g/mol. The zero-order valence-corrected chi connectivity index (χ0v) is 17.3. The second kappa shape index (κ2) is 8.11. The Morgan fingerprint density at radius 2 is 2.00 bits per heavy atom. The molecule has 0 bridgehead atoms. The van der Waals surface area contributed by atoms with E-state index in [2.05, 4.69) is 25.5 Å². The molecule has 1 aromatic carbocycles. The average Bonchev–Trinajstić information content (AvgIpc) is 3.30. The summed E-state index contributed by atoms with van der Waals surface area (Å²) < 4.78 is 2.97. The molecule has 0 aliphatic carbocycles. The SMILES string of the molecule is CCCCC(=O)Nc1cc(C)nn1-c1nc2c(cnn2-c2ccc(Cl)cc2)c(=O)[nH]1. The third kappa shape index (κ3) is 3.84. The van der Waals surface area contributed by atoms with Crippen LogP contribution in [-0.4, -0.2) is 35.4 Å². The number of aromatic nitrogens is 6. The zero-order chi connectivity index (χ0) is 21.3. The molecule has 0 aliphatic rings. The van der Waals surface area contributed by atoms with Crippen molar-refractivity contribution in [2.24, 2.45) is 0 Å². The largest absolute Gasteiger partial charge is 0.310 e. The van der Waals surface area contributed by atoms with Gasteiger partial charge in [-0.05, 0) is 37.6 Å². The number of benzene rings is 1. The third-order valence-electron chi connectivity index (χ3n) is 4.55. The summed E-state index contributed by atoms with van der Waals surface area (Å²) in [7, 11) is 0. The number of halogens is 1. The van der Waals surface area contributed by atoms with Crippen LogP contribution in [0.5, 0.6) is 0 Å². The zero-order valence-electron chi connectivity index (χ0n) is 16.5. The lowest BCUT2D eigenvalue weighted by Crippen LogP contribution is -2.19. The van der Waals surface area contributed by atoms with Gasteiger partial charge in [-0.15, -0.1) is 0 Å². The smallest absolute Gasteiger partial charge is 0.263 e. The van der Waals surface area contributed by atoms with Gasteiger partial charge < -0.3 is 5.32 Å². The van der Waals surface area contributed by atoms with Crippen LogP contribution in [0.3, 0.4) is 0 Å². The van der Waals surface area contributed by atoms with Crippen LogP contribution in [-0.2, 0) is 4.79 Å². The van der Waals surface area contributed by atoms with E-state index >= 15 is 0 Å². The van der Waals surface area contributed by atoms with E-state index in [0.717, 1.165) is 12.8 Å². The third-order valence-corrected chi connectivity index (χ3v) is 4.81. The van der Waals surface area contributed by atoms with Crippen LogP contribution in [0.2, 0.25) is 5.02 Å². The highest BCUT2D eigenvalue weighted by atomic mass is 35.5. The quantitative estimate of drug-likeness (QED) is 0.492. The van der Waals surface area contributed by atoms with Gasteiger partial charge in [0.25, 0.3) is 5.56 Å². The summed E-state index contributed by atoms with van der Waals surface area (Å²) >= 11 is 5.97. The Morgan fingerprint density at radius 1 is 1.23 bits per heavy atom. The first-order valence-corrected chi connectivity index (χ1v) is 9.95. The molecule has 3 heterocycles. The summed E-state index contributed by atoms with van der Waals surface area (Å²) in [5.41, 5.74) is 1.40. The van der Waals surface area contributed by atoms with Crippen LogP contribution in [0, 0.1) is 6.92 Å². The van der Waals surface area contributed by atoms with E-state index in [9.17, 15) is 9.59 Å². The number of rotatable bonds is 6. The molecular formula is C20H20ClN7O2. The maximum absolute atomic E-state index is 12.7. The summed E-state index contributed by atoms with van der Waals surface area (Å²) in [6.07, 6.45) is 3.58. The molecule has 9 nitrogen and oxygen atoms in total. The van der Waals surface area contributed by atoms with Crippen molar-refractivity contribution in [3.05, 3.63) is 57.6 Å². The number of nitrogens with zero attached hydrogens (tertiary/aromatic N) is 5. The highest BCUT2D eigenvalue weighted by molar-refractivity contribution is 6.30. The van der Waals surface area contributed by atoms with Gasteiger partial charge in [0.2, 0.25) is 11.9 Å². The van der Waals surface area contributed by atoms with E-state index < -0.39 is 0 Å². The summed E-state index contributed by atoms with van der Waals surface area (Å²) in [6, 6.07) is 8.77. The predicted octanol–water partition coefficient (Wildman–Crippen LogP) is 3.39. The van der Waals surface area contributed by atoms with Crippen molar-refractivity contribution in [1.29, 1.82) is 0 Å². The van der Waals surface area contributed by atoms with Gasteiger partial charge in [0.15, 0.2) is 5.65 Å². The molecule has 4 aromatic rings. The second-order valence-electron chi connectivity index (χ2n) is 6.89. The van der Waals surface area contributed by atoms with Crippen molar-refractivity contribution < 1.29 is 4.79 Å². The van der Waals surface area contributed by atoms with E-state index in [-0.39, 0.29) is 17.4 Å². The van der Waals surface area contributed by atoms with Crippen molar-refractivity contribution in [2.75, 3.05) is 5.32 Å². The van der Waals surface area contributed by atoms with Crippen LogP contribution in [0.4, 0.5) is 5.82 Å². The molecule has 0 atom stereocenters. The number of anilines is 1. The van der Waals surface area contributed by atoms with Gasteiger partial charge in [-0.3, -0.25) is 14.6 Å². The fraction of sp³-hybridized carbons (Fsp3) is 0.250. The normalized spacial score (nSPS) is 11.2. The van der Waals surface area contributed by atoms with Crippen LogP contribution >= 0.6 is 11.6 Å². The van der Waals surface area contributed by atoms with Gasteiger partial charge in [-0.25, -0.2) is 4.68 Å². The van der Waals surface area contributed by atoms with Gasteiger partial charge in [0.1, 0.15) is 11.2 Å². The number of aryl methyl sites for hydroxylation is 1. The van der Waals surface area contributed by atoms with E-state index in [4.69, 9.17) is 11.6 Å². The number of unbranched alkanes of at least 4 members (excludes halogenated alkanes) is 1. The lowest BCUT2D eigenvalue weighted by Gasteiger charge is -2.09. The van der Waals surface area contributed by atoms with Gasteiger partial charge in [-0.1, -0.05) is 24.9 Å². The Morgan fingerprint density at radius 3 is 2.73 bits per heavy atom. The summed E-state index contributed by atoms with van der Waals surface area (Å²) in [5, 5.41) is 12.4. The molecule has 0 radical (unpaired) electrons. The number of nitrogens with one attached hydrogen (secondary N) is 2. The molecule has 30 heavy (non-hydrogen) atoms. The lowest BCUT2D eigenvalue weighted by molar-refractivity contribution is -0.116. The first-order valence-electron chi connectivity index (χ1n) is 9.57. The molecule has 0 saturated heterocycles. The number of hydrogen-bond donors (Lipinski definition) is 2. The van der Waals surface area contributed by atoms with Gasteiger partial charge in [0.05, 0.1) is 17.6 Å². The fourth-order valence-corrected chi connectivity index (χ4v) is 3.20. The van der Waals surface area contributed by atoms with Crippen molar-refractivity contribution >= 4 is 34.4 Å². The summed E-state index contributed by atoms with van der Waals surface area (Å²) in [4.78, 5) is 32.1. The number of amides is 1. The number of carbonyl (C=O) groups excluding carboxylic acids is 1. The molecule has 2 N–H and O–H groups in total. The minimum atomic E-state index is -0.355. The van der Waals surface area contributed by atoms with Crippen molar-refractivity contribution in [2.45, 2.75) is 33.1 Å². The molecule has 3 aromatic heterocycles. The Hall–Kier alpha value is -3.46. The molecule has 4 rings (SSSR count). The standard InChI is InChI=1S/C20H20ClN7O2/c1-3-4-5-17(29)23-16-10-12(2)26-28(16)20-24-18-15(19(30)25-20)11-22-27(18)14-8-6-13(21)7-9-14/h6-11H,3-5H2,1-2H3,(H,23,29)(H,24,25,30). The van der Waals surface area contributed by atoms with Gasteiger partial charge in [0, 0.05) is 17.5 Å². The number of aromatic amines is 1. The molecule has 0 fully saturated rings. The average molecular weight is 426 g/mol. The van der Waals surface area contributed by atoms with Crippen molar-refractivity contribution in [1.82, 2.24) is 29.5 Å². The Labute approximate surface area is 176 Å². The maximum atomic E-state index is 12.7. The fourth-order valence-electron chi connectivity index (χ4n) is 3.07. The number of fused-ring (bicyclic) bond motifs is 1. The summed E-state index contributed by atoms with van der Waals surface area (Å²) in [5.74, 6) is 0.503. The predicted molar refractivity (Wildman–Crippen MR) is 115 cm³/mol. The molecule has 0 spiro atoms. The molecule has 0 unspecified atom stereocenters. The Kier molecular flexibility index (Phi) is 5.37. The molecule has 10 heteroatoms. The van der Waals surface area contributed by atoms with E-state index in [1.807, 2.05) is 6.92 Å². The Balaban J connectivity index is 1.79. The van der Waals surface area contributed by atoms with Crippen LogP contribution in [0.25, 0.3) is 22.7 Å². The number of hydrogen-bond acceptors (Lipinski definition) is 5. The molecule has 0 aliphatic heterocycles. The minimum absolute atomic E-state index is 0.118. The van der Waals surface area contributed by atoms with Crippen molar-refractivity contribution in [3.8, 4) is 11.6 Å². The van der Waals surface area contributed by atoms with Gasteiger partial charge in [-0.2, -0.15) is 19.9 Å². The highest BCUT2D eigenvalue weighted by Crippen LogP contribution is 2.19. The lowest BCUT2D eigenvalue weighted by atomic mass is 10.2. The maximum Gasteiger partial charge on any atom is 0.263 e.